The van der Waals surface area contributed by atoms with Crippen LogP contribution in [0.1, 0.15) is 49.1 Å². The number of carbonyl (C=O) groups is 1. The molecule has 0 fully saturated rings. The number of ether oxygens (including phenoxy) is 1. The lowest BCUT2D eigenvalue weighted by Crippen LogP contribution is -2.49. The molecule has 1 heterocycles. The molecule has 1 amide bonds. The number of hydrogen-bond donors (Lipinski definition) is 2. The molecule has 2 aromatic rings. The summed E-state index contributed by atoms with van der Waals surface area (Å²) in [6.07, 6.45) is 0.698. The van der Waals surface area contributed by atoms with Crippen molar-refractivity contribution in [2.24, 2.45) is 0 Å². The van der Waals surface area contributed by atoms with Gasteiger partial charge < -0.3 is 19.8 Å². The zero-order chi connectivity index (χ0) is 22.9. The molecule has 0 unspecified atom stereocenters. The molecule has 7 heteroatoms. The van der Waals surface area contributed by atoms with Crippen LogP contribution in [0.3, 0.4) is 0 Å². The van der Waals surface area contributed by atoms with E-state index in [1.54, 1.807) is 18.7 Å². The molecule has 1 aliphatic heterocycles. The average Bonchev–Trinajstić information content (AvgIpc) is 2.70. The molecule has 0 aliphatic carbocycles. The molecule has 2 N–H and O–H groups in total. The van der Waals surface area contributed by atoms with Crippen LogP contribution in [0.4, 0.5) is 4.39 Å². The molecule has 5 nitrogen and oxygen atoms in total. The summed E-state index contributed by atoms with van der Waals surface area (Å²) in [7, 11) is 1.36. The zero-order valence-corrected chi connectivity index (χ0v) is 19.0. The molecule has 0 aromatic heterocycles. The van der Waals surface area contributed by atoms with Crippen LogP contribution in [0.5, 0.6) is 5.75 Å². The molecule has 0 radical (unpaired) electrons. The Labute approximate surface area is 187 Å². The second-order valence-electron chi connectivity index (χ2n) is 8.71. The summed E-state index contributed by atoms with van der Waals surface area (Å²) >= 11 is 6.17. The van der Waals surface area contributed by atoms with Gasteiger partial charge in [0.15, 0.2) is 11.6 Å². The number of halogens is 2. The number of nitrogens with zero attached hydrogens (tertiary/aromatic N) is 1. The van der Waals surface area contributed by atoms with Crippen LogP contribution in [-0.4, -0.2) is 46.4 Å². The van der Waals surface area contributed by atoms with Crippen LogP contribution in [0, 0.1) is 5.82 Å². The predicted octanol–water partition coefficient (Wildman–Crippen LogP) is 3.85. The first-order chi connectivity index (χ1) is 14.6. The molecule has 0 saturated carbocycles. The molecule has 3 rings (SSSR count). The molecule has 0 saturated heterocycles. The number of carbonyl (C=O) groups excluding carboxylic acids is 1. The molecule has 1 aliphatic rings. The lowest BCUT2D eigenvalue weighted by molar-refractivity contribution is -0.137. The number of amides is 1. The third-order valence-corrected chi connectivity index (χ3v) is 6.18. The number of benzene rings is 2. The van der Waals surface area contributed by atoms with E-state index >= 15 is 0 Å². The Morgan fingerprint density at radius 3 is 2.65 bits per heavy atom. The fourth-order valence-corrected chi connectivity index (χ4v) is 4.65. The van der Waals surface area contributed by atoms with E-state index in [1.165, 1.54) is 19.2 Å². The zero-order valence-electron chi connectivity index (χ0n) is 18.3. The first-order valence-corrected chi connectivity index (χ1v) is 10.7. The Bertz CT molecular complexity index is 973. The maximum Gasteiger partial charge on any atom is 0.228 e. The number of rotatable bonds is 6. The molecular weight excluding hydrogens is 421 g/mol. The lowest BCUT2D eigenvalue weighted by atomic mass is 9.83. The van der Waals surface area contributed by atoms with E-state index in [1.807, 2.05) is 25.1 Å². The number of hydrogen-bond acceptors (Lipinski definition) is 4. The van der Waals surface area contributed by atoms with E-state index in [4.69, 9.17) is 16.3 Å². The van der Waals surface area contributed by atoms with Gasteiger partial charge in [-0.05, 0) is 56.0 Å². The third kappa shape index (κ3) is 4.86. The van der Waals surface area contributed by atoms with Crippen molar-refractivity contribution in [1.82, 2.24) is 4.90 Å². The molecule has 168 valence electrons. The molecule has 2 aromatic carbocycles. The first-order valence-electron chi connectivity index (χ1n) is 10.3. The highest BCUT2D eigenvalue weighted by Gasteiger charge is 2.36. The van der Waals surface area contributed by atoms with E-state index in [0.717, 1.165) is 16.7 Å². The van der Waals surface area contributed by atoms with Crippen molar-refractivity contribution < 1.29 is 24.1 Å². The molecule has 0 spiro atoms. The molecule has 31 heavy (non-hydrogen) atoms. The van der Waals surface area contributed by atoms with Crippen LogP contribution in [0.2, 0.25) is 5.02 Å². The van der Waals surface area contributed by atoms with Gasteiger partial charge in [-0.3, -0.25) is 4.79 Å². The van der Waals surface area contributed by atoms with E-state index in [0.29, 0.717) is 12.8 Å². The Morgan fingerprint density at radius 2 is 2.03 bits per heavy atom. The van der Waals surface area contributed by atoms with Crippen molar-refractivity contribution in [3.63, 3.8) is 0 Å². The van der Waals surface area contributed by atoms with Gasteiger partial charge in [-0.25, -0.2) is 4.39 Å². The van der Waals surface area contributed by atoms with Gasteiger partial charge in [0.2, 0.25) is 5.91 Å². The standard InChI is InChI=1S/C24H29ClFNO4/c1-14-17-7-5-6-15(12-24(2,3)30)18(17)10-16(13-28)27(14)22(29)11-19-20(25)8-9-21(31-4)23(19)26/h5-9,14,16,28,30H,10-13H2,1-4H3/t14-,16+/m0/s1. The van der Waals surface area contributed by atoms with Gasteiger partial charge in [-0.15, -0.1) is 0 Å². The fraction of sp³-hybridized carbons (Fsp3) is 0.458. The SMILES string of the molecule is COc1ccc(Cl)c(CC(=O)N2[C@@H](CO)Cc3c(CC(C)(C)O)cccc3[C@@H]2C)c1F. The first kappa shape index (κ1) is 23.5. The maximum atomic E-state index is 14.7. The van der Waals surface area contributed by atoms with Gasteiger partial charge in [0, 0.05) is 17.0 Å². The lowest BCUT2D eigenvalue weighted by Gasteiger charge is -2.42. The van der Waals surface area contributed by atoms with Crippen LogP contribution in [0.25, 0.3) is 0 Å². The monoisotopic (exact) mass is 449 g/mol. The largest absolute Gasteiger partial charge is 0.494 e. The van der Waals surface area contributed by atoms with Crippen molar-refractivity contribution >= 4 is 17.5 Å². The van der Waals surface area contributed by atoms with Crippen molar-refractivity contribution in [2.75, 3.05) is 13.7 Å². The minimum absolute atomic E-state index is 0.0270. The Morgan fingerprint density at radius 1 is 1.32 bits per heavy atom. The highest BCUT2D eigenvalue weighted by Crippen LogP contribution is 2.37. The number of methoxy groups -OCH3 is 1. The average molecular weight is 450 g/mol. The summed E-state index contributed by atoms with van der Waals surface area (Å²) in [4.78, 5) is 14.9. The second-order valence-corrected chi connectivity index (χ2v) is 9.12. The second kappa shape index (κ2) is 9.15. The Kier molecular flexibility index (Phi) is 6.94. The number of fused-ring (bicyclic) bond motifs is 1. The van der Waals surface area contributed by atoms with Crippen LogP contribution in [-0.2, 0) is 24.1 Å². The number of aliphatic hydroxyl groups is 2. The van der Waals surface area contributed by atoms with Gasteiger partial charge in [0.05, 0.1) is 37.8 Å². The summed E-state index contributed by atoms with van der Waals surface area (Å²) in [5, 5.41) is 20.5. The van der Waals surface area contributed by atoms with Crippen molar-refractivity contribution in [2.45, 2.75) is 57.7 Å². The molecule has 2 atom stereocenters. The topological polar surface area (TPSA) is 70.0 Å². The van der Waals surface area contributed by atoms with E-state index in [9.17, 15) is 19.4 Å². The Hall–Kier alpha value is -2.15. The fourth-order valence-electron chi connectivity index (χ4n) is 4.44. The summed E-state index contributed by atoms with van der Waals surface area (Å²) in [5.41, 5.74) is 2.23. The summed E-state index contributed by atoms with van der Waals surface area (Å²) in [6, 6.07) is 8.01. The quantitative estimate of drug-likeness (QED) is 0.702. The van der Waals surface area contributed by atoms with Gasteiger partial charge >= 0.3 is 0 Å². The van der Waals surface area contributed by atoms with Crippen LogP contribution in [0.15, 0.2) is 30.3 Å². The van der Waals surface area contributed by atoms with Gasteiger partial charge in [-0.2, -0.15) is 0 Å². The Balaban J connectivity index is 1.95. The van der Waals surface area contributed by atoms with Crippen molar-refractivity contribution in [1.29, 1.82) is 0 Å². The predicted molar refractivity (Wildman–Crippen MR) is 118 cm³/mol. The normalized spacial score (nSPS) is 18.6. The third-order valence-electron chi connectivity index (χ3n) is 5.83. The van der Waals surface area contributed by atoms with Crippen LogP contribution >= 0.6 is 11.6 Å². The van der Waals surface area contributed by atoms with E-state index < -0.39 is 17.5 Å². The van der Waals surface area contributed by atoms with Crippen LogP contribution < -0.4 is 4.74 Å². The van der Waals surface area contributed by atoms with Gasteiger partial charge in [0.25, 0.3) is 0 Å². The van der Waals surface area contributed by atoms with Crippen molar-refractivity contribution in [3.8, 4) is 5.75 Å². The highest BCUT2D eigenvalue weighted by atomic mass is 35.5. The van der Waals surface area contributed by atoms with Gasteiger partial charge in [0.1, 0.15) is 0 Å². The maximum absolute atomic E-state index is 14.7. The highest BCUT2D eigenvalue weighted by molar-refractivity contribution is 6.31. The molecular formula is C24H29ClFNO4. The van der Waals surface area contributed by atoms with E-state index in [-0.39, 0.29) is 41.3 Å². The van der Waals surface area contributed by atoms with E-state index in [2.05, 4.69) is 0 Å². The summed E-state index contributed by atoms with van der Waals surface area (Å²) in [5.74, 6) is -0.945. The smallest absolute Gasteiger partial charge is 0.228 e. The minimum Gasteiger partial charge on any atom is -0.494 e. The van der Waals surface area contributed by atoms with Gasteiger partial charge in [-0.1, -0.05) is 29.8 Å². The van der Waals surface area contributed by atoms with Crippen molar-refractivity contribution in [3.05, 3.63) is 63.4 Å². The number of aliphatic hydroxyl groups excluding tert-OH is 1. The summed E-state index contributed by atoms with van der Waals surface area (Å²) < 4.78 is 19.7. The minimum atomic E-state index is -0.874. The molecule has 0 bridgehead atoms. The summed E-state index contributed by atoms with van der Waals surface area (Å²) in [6.45, 7) is 5.19.